The van der Waals surface area contributed by atoms with Gasteiger partial charge in [-0.1, -0.05) is 48.0 Å². The minimum absolute atomic E-state index is 0.103. The molecule has 0 aromatic heterocycles. The third-order valence-corrected chi connectivity index (χ3v) is 6.13. The molecule has 1 aliphatic heterocycles. The number of methoxy groups -OCH3 is 1. The summed E-state index contributed by atoms with van der Waals surface area (Å²) in [4.78, 5) is 13.1. The molecular formula is C25H34NO3+. The highest BCUT2D eigenvalue weighted by Gasteiger charge is 2.36. The van der Waals surface area contributed by atoms with Crippen LogP contribution >= 0.6 is 0 Å². The predicted molar refractivity (Wildman–Crippen MR) is 115 cm³/mol. The summed E-state index contributed by atoms with van der Waals surface area (Å²) < 4.78 is 11.7. The van der Waals surface area contributed by atoms with Gasteiger partial charge in [-0.3, -0.25) is 4.79 Å². The summed E-state index contributed by atoms with van der Waals surface area (Å²) in [6.07, 6.45) is 2.48. The number of piperidine rings is 1. The van der Waals surface area contributed by atoms with Gasteiger partial charge in [-0.05, 0) is 32.4 Å². The van der Waals surface area contributed by atoms with Crippen molar-refractivity contribution in [3.05, 3.63) is 65.2 Å². The Kier molecular flexibility index (Phi) is 6.96. The zero-order valence-electron chi connectivity index (χ0n) is 18.1. The second kappa shape index (κ2) is 9.45. The van der Waals surface area contributed by atoms with Crippen LogP contribution in [0.2, 0.25) is 0 Å². The Morgan fingerprint density at radius 3 is 2.48 bits per heavy atom. The molecule has 1 atom stereocenters. The lowest BCUT2D eigenvalue weighted by Gasteiger charge is -2.36. The summed E-state index contributed by atoms with van der Waals surface area (Å²) in [6.45, 7) is 8.40. The van der Waals surface area contributed by atoms with Crippen molar-refractivity contribution in [2.45, 2.75) is 51.6 Å². The fraction of sp³-hybridized carbons (Fsp3) is 0.480. The molecule has 2 N–H and O–H groups in total. The third kappa shape index (κ3) is 5.39. The fourth-order valence-electron chi connectivity index (χ4n) is 4.43. The maximum Gasteiger partial charge on any atom is 0.307 e. The average Bonchev–Trinajstić information content (AvgIpc) is 2.73. The van der Waals surface area contributed by atoms with E-state index < -0.39 is 5.60 Å². The maximum atomic E-state index is 13.1. The van der Waals surface area contributed by atoms with Crippen molar-refractivity contribution in [2.75, 3.05) is 20.2 Å². The molecule has 1 saturated heterocycles. The molecule has 0 aliphatic carbocycles. The van der Waals surface area contributed by atoms with Gasteiger partial charge in [-0.15, -0.1) is 0 Å². The van der Waals surface area contributed by atoms with Crippen molar-refractivity contribution in [2.24, 2.45) is 5.92 Å². The van der Waals surface area contributed by atoms with E-state index >= 15 is 0 Å². The Morgan fingerprint density at radius 1 is 1.14 bits per heavy atom. The second-order valence-electron chi connectivity index (χ2n) is 8.63. The van der Waals surface area contributed by atoms with Crippen LogP contribution in [0, 0.1) is 12.8 Å². The number of carbonyl (C=O) groups excluding carboxylic acids is 1. The van der Waals surface area contributed by atoms with Crippen molar-refractivity contribution in [3.8, 4) is 5.75 Å². The van der Waals surface area contributed by atoms with Crippen molar-refractivity contribution in [3.63, 3.8) is 0 Å². The van der Waals surface area contributed by atoms with Gasteiger partial charge < -0.3 is 14.8 Å². The Labute approximate surface area is 174 Å². The molecule has 2 aromatic rings. The highest BCUT2D eigenvalue weighted by Crippen LogP contribution is 2.36. The van der Waals surface area contributed by atoms with Gasteiger partial charge in [-0.2, -0.15) is 0 Å². The number of benzene rings is 2. The molecule has 0 amide bonds. The molecule has 0 radical (unpaired) electrons. The minimum Gasteiger partial charge on any atom is -0.496 e. The number of ether oxygens (including phenoxy) is 2. The van der Waals surface area contributed by atoms with Gasteiger partial charge in [0.05, 0.1) is 26.6 Å². The van der Waals surface area contributed by atoms with E-state index in [-0.39, 0.29) is 11.9 Å². The molecule has 2 aromatic carbocycles. The van der Waals surface area contributed by atoms with E-state index in [4.69, 9.17) is 9.47 Å². The van der Waals surface area contributed by atoms with E-state index in [1.54, 1.807) is 7.11 Å². The van der Waals surface area contributed by atoms with Crippen molar-refractivity contribution >= 4 is 5.97 Å². The number of esters is 1. The molecule has 1 heterocycles. The molecular weight excluding hydrogens is 362 g/mol. The predicted octanol–water partition coefficient (Wildman–Crippen LogP) is 3.82. The lowest BCUT2D eigenvalue weighted by atomic mass is 9.83. The number of quaternary nitrogens is 1. The monoisotopic (exact) mass is 396 g/mol. The standard InChI is InChI=1S/C25H33NO3/c1-18-10-11-23(28-4)22(16-18)21(19-8-6-5-7-9-19)17-24(27)29-25(2,3)20-12-14-26-15-13-20/h5-11,16,20-21,26H,12-15,17H2,1-4H3/p+1. The van der Waals surface area contributed by atoms with Gasteiger partial charge in [0.1, 0.15) is 11.4 Å². The van der Waals surface area contributed by atoms with E-state index in [1.807, 2.05) is 30.3 Å². The van der Waals surface area contributed by atoms with E-state index in [0.29, 0.717) is 12.3 Å². The highest BCUT2D eigenvalue weighted by molar-refractivity contribution is 5.72. The largest absolute Gasteiger partial charge is 0.496 e. The van der Waals surface area contributed by atoms with Gasteiger partial charge in [0.2, 0.25) is 0 Å². The van der Waals surface area contributed by atoms with Crippen LogP contribution in [0.1, 0.15) is 55.7 Å². The smallest absolute Gasteiger partial charge is 0.307 e. The Morgan fingerprint density at radius 2 is 1.83 bits per heavy atom. The first kappa shape index (κ1) is 21.4. The Balaban J connectivity index is 1.84. The number of hydrogen-bond acceptors (Lipinski definition) is 3. The van der Waals surface area contributed by atoms with E-state index in [1.165, 1.54) is 0 Å². The molecule has 1 fully saturated rings. The highest BCUT2D eigenvalue weighted by atomic mass is 16.6. The van der Waals surface area contributed by atoms with Crippen LogP contribution in [0.5, 0.6) is 5.75 Å². The number of aryl methyl sites for hydroxylation is 1. The molecule has 4 heteroatoms. The first-order valence-corrected chi connectivity index (χ1v) is 10.6. The third-order valence-electron chi connectivity index (χ3n) is 6.13. The van der Waals surface area contributed by atoms with Gasteiger partial charge in [-0.25, -0.2) is 0 Å². The maximum absolute atomic E-state index is 13.1. The first-order valence-electron chi connectivity index (χ1n) is 10.6. The summed E-state index contributed by atoms with van der Waals surface area (Å²) >= 11 is 0. The summed E-state index contributed by atoms with van der Waals surface area (Å²) in [6, 6.07) is 16.3. The number of carbonyl (C=O) groups is 1. The van der Waals surface area contributed by atoms with E-state index in [2.05, 4.69) is 44.3 Å². The van der Waals surface area contributed by atoms with Crippen LogP contribution in [0.3, 0.4) is 0 Å². The summed E-state index contributed by atoms with van der Waals surface area (Å²) in [5.41, 5.74) is 2.83. The first-order chi connectivity index (χ1) is 13.9. The van der Waals surface area contributed by atoms with Gasteiger partial charge in [0.15, 0.2) is 0 Å². The van der Waals surface area contributed by atoms with Crippen LogP contribution in [0.15, 0.2) is 48.5 Å². The Bertz CT molecular complexity index is 810. The normalized spacial score (nSPS) is 16.3. The lowest BCUT2D eigenvalue weighted by molar-refractivity contribution is -0.665. The quantitative estimate of drug-likeness (QED) is 0.724. The minimum atomic E-state index is -0.441. The van der Waals surface area contributed by atoms with Crippen LogP contribution in [0.25, 0.3) is 0 Å². The Hall–Kier alpha value is -2.33. The van der Waals surface area contributed by atoms with Crippen molar-refractivity contribution in [1.29, 1.82) is 0 Å². The van der Waals surface area contributed by atoms with Crippen molar-refractivity contribution in [1.82, 2.24) is 0 Å². The van der Waals surface area contributed by atoms with Gasteiger partial charge in [0.25, 0.3) is 0 Å². The van der Waals surface area contributed by atoms with E-state index in [9.17, 15) is 4.79 Å². The SMILES string of the molecule is COc1ccc(C)cc1C(CC(=O)OC(C)(C)C1CC[NH2+]CC1)c1ccccc1. The molecule has 0 bridgehead atoms. The fourth-order valence-corrected chi connectivity index (χ4v) is 4.43. The summed E-state index contributed by atoms with van der Waals surface area (Å²) in [5, 5.41) is 2.34. The zero-order valence-corrected chi connectivity index (χ0v) is 18.1. The van der Waals surface area contributed by atoms with Crippen molar-refractivity contribution < 1.29 is 19.6 Å². The molecule has 1 unspecified atom stereocenters. The topological polar surface area (TPSA) is 52.1 Å². The van der Waals surface area contributed by atoms with Gasteiger partial charge in [0, 0.05) is 30.2 Å². The molecule has 4 nitrogen and oxygen atoms in total. The summed E-state index contributed by atoms with van der Waals surface area (Å²) in [7, 11) is 1.68. The van der Waals surface area contributed by atoms with Crippen LogP contribution < -0.4 is 10.1 Å². The van der Waals surface area contributed by atoms with Crippen LogP contribution in [-0.2, 0) is 9.53 Å². The zero-order chi connectivity index (χ0) is 20.9. The average molecular weight is 397 g/mol. The molecule has 3 rings (SSSR count). The molecule has 1 aliphatic rings. The van der Waals surface area contributed by atoms with Gasteiger partial charge >= 0.3 is 5.97 Å². The molecule has 0 spiro atoms. The molecule has 156 valence electrons. The van der Waals surface area contributed by atoms with E-state index in [0.717, 1.165) is 48.4 Å². The molecule has 29 heavy (non-hydrogen) atoms. The molecule has 0 saturated carbocycles. The second-order valence-corrected chi connectivity index (χ2v) is 8.63. The van der Waals surface area contributed by atoms with Crippen LogP contribution in [0.4, 0.5) is 0 Å². The lowest BCUT2D eigenvalue weighted by Crippen LogP contribution is -2.86. The number of rotatable bonds is 7. The number of nitrogens with two attached hydrogens (primary N) is 1. The number of hydrogen-bond donors (Lipinski definition) is 1. The van der Waals surface area contributed by atoms with Crippen LogP contribution in [-0.4, -0.2) is 31.8 Å². The summed E-state index contributed by atoms with van der Waals surface area (Å²) in [5.74, 6) is 0.968.